The zero-order valence-electron chi connectivity index (χ0n) is 19.0. The number of carbonyl (C=O) groups excluding carboxylic acids is 2. The lowest BCUT2D eigenvalue weighted by atomic mass is 9.98. The van der Waals surface area contributed by atoms with Crippen LogP contribution in [0.4, 0.5) is 9.59 Å². The number of rotatable bonds is 3. The fraction of sp³-hybridized carbons (Fsp3) is 0.400. The second kappa shape index (κ2) is 8.77. The van der Waals surface area contributed by atoms with E-state index in [2.05, 4.69) is 0 Å². The summed E-state index contributed by atoms with van der Waals surface area (Å²) in [5, 5.41) is 9.70. The molecule has 0 unspecified atom stereocenters. The number of ether oxygens (including phenoxy) is 2. The Morgan fingerprint density at radius 2 is 1.52 bits per heavy atom. The summed E-state index contributed by atoms with van der Waals surface area (Å²) in [6.45, 7) is 5.39. The van der Waals surface area contributed by atoms with Gasteiger partial charge in [-0.2, -0.15) is 0 Å². The summed E-state index contributed by atoms with van der Waals surface area (Å²) in [4.78, 5) is 39.6. The van der Waals surface area contributed by atoms with E-state index in [1.165, 1.54) is 9.80 Å². The van der Waals surface area contributed by atoms with E-state index in [-0.39, 0.29) is 32.2 Å². The zero-order valence-corrected chi connectivity index (χ0v) is 19.0. The lowest BCUT2D eigenvalue weighted by molar-refractivity contribution is -0.144. The third kappa shape index (κ3) is 4.65. The predicted molar refractivity (Wildman–Crippen MR) is 121 cm³/mol. The van der Waals surface area contributed by atoms with Crippen molar-refractivity contribution < 1.29 is 29.0 Å². The zero-order chi connectivity index (χ0) is 23.8. The molecule has 33 heavy (non-hydrogen) atoms. The van der Waals surface area contributed by atoms with Gasteiger partial charge in [0, 0.05) is 19.0 Å². The number of carbonyl (C=O) groups is 3. The van der Waals surface area contributed by atoms with Gasteiger partial charge in [-0.05, 0) is 43.0 Å². The molecule has 1 saturated heterocycles. The van der Waals surface area contributed by atoms with Crippen molar-refractivity contribution in [3.63, 3.8) is 0 Å². The Morgan fingerprint density at radius 1 is 0.939 bits per heavy atom. The third-order valence-electron chi connectivity index (χ3n) is 5.89. The van der Waals surface area contributed by atoms with Crippen LogP contribution in [0.3, 0.4) is 0 Å². The molecule has 0 saturated carbocycles. The smallest absolute Gasteiger partial charge is 0.410 e. The van der Waals surface area contributed by atoms with Crippen LogP contribution in [-0.2, 0) is 14.3 Å². The van der Waals surface area contributed by atoms with Gasteiger partial charge in [-0.1, -0.05) is 48.5 Å². The van der Waals surface area contributed by atoms with Crippen LogP contribution in [0, 0.1) is 0 Å². The number of carboxylic acids is 1. The molecular formula is C25H28N2O6. The van der Waals surface area contributed by atoms with E-state index < -0.39 is 29.8 Å². The molecule has 0 bridgehead atoms. The monoisotopic (exact) mass is 452 g/mol. The van der Waals surface area contributed by atoms with Crippen molar-refractivity contribution in [2.75, 3.05) is 26.2 Å². The van der Waals surface area contributed by atoms with Crippen molar-refractivity contribution in [1.29, 1.82) is 0 Å². The minimum atomic E-state index is -1.21. The Bertz CT molecular complexity index is 1030. The molecule has 2 aliphatic rings. The molecule has 174 valence electrons. The fourth-order valence-electron chi connectivity index (χ4n) is 4.38. The van der Waals surface area contributed by atoms with Crippen LogP contribution in [0.25, 0.3) is 11.1 Å². The molecule has 1 aliphatic heterocycles. The van der Waals surface area contributed by atoms with Crippen LogP contribution in [0.2, 0.25) is 0 Å². The van der Waals surface area contributed by atoms with Gasteiger partial charge in [-0.3, -0.25) is 4.90 Å². The average molecular weight is 453 g/mol. The Morgan fingerprint density at radius 3 is 2.06 bits per heavy atom. The van der Waals surface area contributed by atoms with Crippen molar-refractivity contribution in [3.8, 4) is 11.1 Å². The molecule has 4 rings (SSSR count). The number of nitrogens with zero attached hydrogens (tertiary/aromatic N) is 2. The average Bonchev–Trinajstić information content (AvgIpc) is 3.09. The summed E-state index contributed by atoms with van der Waals surface area (Å²) in [5.41, 5.74) is 3.69. The maximum absolute atomic E-state index is 12.9. The van der Waals surface area contributed by atoms with Crippen molar-refractivity contribution in [2.24, 2.45) is 0 Å². The fourth-order valence-corrected chi connectivity index (χ4v) is 4.38. The maximum Gasteiger partial charge on any atom is 0.410 e. The van der Waals surface area contributed by atoms with Crippen LogP contribution in [0.15, 0.2) is 48.5 Å². The first-order valence-corrected chi connectivity index (χ1v) is 11.0. The van der Waals surface area contributed by atoms with Gasteiger partial charge < -0.3 is 19.5 Å². The number of aliphatic carboxylic acids is 1. The first-order valence-electron chi connectivity index (χ1n) is 11.0. The largest absolute Gasteiger partial charge is 0.480 e. The number of hydrogen-bond acceptors (Lipinski definition) is 5. The lowest BCUT2D eigenvalue weighted by Gasteiger charge is -2.39. The Hall–Kier alpha value is -3.55. The van der Waals surface area contributed by atoms with Gasteiger partial charge in [0.05, 0.1) is 6.54 Å². The second-order valence-electron chi connectivity index (χ2n) is 9.28. The molecule has 8 nitrogen and oxygen atoms in total. The second-order valence-corrected chi connectivity index (χ2v) is 9.28. The van der Waals surface area contributed by atoms with Crippen molar-refractivity contribution >= 4 is 18.2 Å². The number of benzene rings is 2. The van der Waals surface area contributed by atoms with E-state index in [1.54, 1.807) is 20.8 Å². The topological polar surface area (TPSA) is 96.4 Å². The number of carboxylic acid groups (broad SMARTS) is 1. The Kier molecular flexibility index (Phi) is 6.01. The van der Waals surface area contributed by atoms with E-state index in [9.17, 15) is 19.5 Å². The number of hydrogen-bond donors (Lipinski definition) is 1. The summed E-state index contributed by atoms with van der Waals surface area (Å²) in [6, 6.07) is 14.8. The summed E-state index contributed by atoms with van der Waals surface area (Å²) in [7, 11) is 0. The standard InChI is InChI=1S/C25H28N2O6/c1-25(2,3)33-23(30)26-12-13-27(21(14-26)22(28)29)24(31)32-15-20-18-10-6-4-8-16(18)17-9-5-7-11-19(17)20/h4-11,20-21H,12-15H2,1-3H3,(H,28,29)/t21-/m1/s1. The molecule has 2 amide bonds. The van der Waals surface area contributed by atoms with E-state index in [1.807, 2.05) is 48.5 Å². The highest BCUT2D eigenvalue weighted by atomic mass is 16.6. The predicted octanol–water partition coefficient (Wildman–Crippen LogP) is 3.94. The van der Waals surface area contributed by atoms with E-state index >= 15 is 0 Å². The van der Waals surface area contributed by atoms with Gasteiger partial charge in [-0.25, -0.2) is 14.4 Å². The first kappa shape index (κ1) is 22.6. The molecular weight excluding hydrogens is 424 g/mol. The van der Waals surface area contributed by atoms with Crippen LogP contribution in [-0.4, -0.2) is 70.9 Å². The minimum Gasteiger partial charge on any atom is -0.480 e. The molecule has 2 aromatic carbocycles. The summed E-state index contributed by atoms with van der Waals surface area (Å²) in [5.74, 6) is -1.32. The van der Waals surface area contributed by atoms with E-state index in [4.69, 9.17) is 9.47 Å². The molecule has 0 spiro atoms. The van der Waals surface area contributed by atoms with Crippen LogP contribution in [0.1, 0.15) is 37.8 Å². The van der Waals surface area contributed by atoms with Crippen LogP contribution < -0.4 is 0 Å². The Balaban J connectivity index is 1.45. The molecule has 0 radical (unpaired) electrons. The minimum absolute atomic E-state index is 0.0485. The SMILES string of the molecule is CC(C)(C)OC(=O)N1CCN(C(=O)OCC2c3ccccc3-c3ccccc32)[C@@H](C(=O)O)C1. The highest BCUT2D eigenvalue weighted by molar-refractivity contribution is 5.82. The summed E-state index contributed by atoms with van der Waals surface area (Å²) >= 11 is 0. The molecule has 1 fully saturated rings. The quantitative estimate of drug-likeness (QED) is 0.758. The molecule has 1 aliphatic carbocycles. The van der Waals surface area contributed by atoms with Crippen LogP contribution in [0.5, 0.6) is 0 Å². The molecule has 1 N–H and O–H groups in total. The summed E-state index contributed by atoms with van der Waals surface area (Å²) < 4.78 is 11.0. The number of amides is 2. The lowest BCUT2D eigenvalue weighted by Crippen LogP contribution is -2.60. The van der Waals surface area contributed by atoms with Gasteiger partial charge in [0.15, 0.2) is 6.04 Å². The van der Waals surface area contributed by atoms with E-state index in [0.29, 0.717) is 0 Å². The van der Waals surface area contributed by atoms with Gasteiger partial charge >= 0.3 is 18.2 Å². The first-order chi connectivity index (χ1) is 15.7. The molecule has 0 aromatic heterocycles. The van der Waals surface area contributed by atoms with Gasteiger partial charge in [0.2, 0.25) is 0 Å². The summed E-state index contributed by atoms with van der Waals surface area (Å²) in [6.07, 6.45) is -1.30. The van der Waals surface area contributed by atoms with Crippen LogP contribution >= 0.6 is 0 Å². The molecule has 1 heterocycles. The van der Waals surface area contributed by atoms with Gasteiger partial charge in [-0.15, -0.1) is 0 Å². The number of piperazine rings is 1. The molecule has 2 aromatic rings. The third-order valence-corrected chi connectivity index (χ3v) is 5.89. The molecule has 8 heteroatoms. The number of fused-ring (bicyclic) bond motifs is 3. The highest BCUT2D eigenvalue weighted by Crippen LogP contribution is 2.44. The van der Waals surface area contributed by atoms with E-state index in [0.717, 1.165) is 22.3 Å². The highest BCUT2D eigenvalue weighted by Gasteiger charge is 2.39. The van der Waals surface area contributed by atoms with Crippen molar-refractivity contribution in [2.45, 2.75) is 38.3 Å². The van der Waals surface area contributed by atoms with Gasteiger partial charge in [0.25, 0.3) is 0 Å². The van der Waals surface area contributed by atoms with Crippen molar-refractivity contribution in [3.05, 3.63) is 59.7 Å². The normalized spacial score (nSPS) is 17.8. The molecule has 1 atom stereocenters. The van der Waals surface area contributed by atoms with Crippen molar-refractivity contribution in [1.82, 2.24) is 9.80 Å². The van der Waals surface area contributed by atoms with Gasteiger partial charge in [0.1, 0.15) is 12.2 Å². The Labute approximate surface area is 192 Å². The maximum atomic E-state index is 12.9.